The molecule has 0 unspecified atom stereocenters. The van der Waals surface area contributed by atoms with Crippen LogP contribution in [0.4, 0.5) is 0 Å². The predicted octanol–water partition coefficient (Wildman–Crippen LogP) is -2.78. The fraction of sp³-hybridized carbons (Fsp3) is 0.556. The number of aliphatic hydroxyl groups is 3. The Hall–Kier alpha value is -1.48. The summed E-state index contributed by atoms with van der Waals surface area (Å²) in [6.07, 6.45) is -3.54. The molecule has 1 aliphatic heterocycles. The van der Waals surface area contributed by atoms with E-state index in [2.05, 4.69) is 4.98 Å². The van der Waals surface area contributed by atoms with Gasteiger partial charge < -0.3 is 25.0 Å². The standard InChI is InChI=1S/C9H12N2O6/c12-2-4-5(13)6(14)7(17-4)3-1-10-9(16)11-8(3)15/h1,4-7,12-14H,2H2,(H2,10,11,15,16)/t4-,5+,6-,7+/m0/s1. The van der Waals surface area contributed by atoms with Crippen LogP contribution >= 0.6 is 0 Å². The van der Waals surface area contributed by atoms with E-state index in [4.69, 9.17) is 9.84 Å². The summed E-state index contributed by atoms with van der Waals surface area (Å²) in [5, 5.41) is 28.1. The number of nitrogens with one attached hydrogen (secondary N) is 2. The normalized spacial score (nSPS) is 32.9. The zero-order valence-corrected chi connectivity index (χ0v) is 8.66. The Bertz CT molecular complexity index is 509. The molecule has 0 radical (unpaired) electrons. The van der Waals surface area contributed by atoms with Crippen LogP contribution in [0.2, 0.25) is 0 Å². The van der Waals surface area contributed by atoms with Crippen molar-refractivity contribution in [3.8, 4) is 0 Å². The molecule has 2 heterocycles. The largest absolute Gasteiger partial charge is 0.394 e. The lowest BCUT2D eigenvalue weighted by molar-refractivity contribution is -0.0232. The second-order valence-electron chi connectivity index (χ2n) is 3.79. The van der Waals surface area contributed by atoms with Crippen LogP contribution in [0.25, 0.3) is 0 Å². The van der Waals surface area contributed by atoms with Gasteiger partial charge in [-0.1, -0.05) is 0 Å². The Morgan fingerprint density at radius 3 is 2.53 bits per heavy atom. The molecule has 2 rings (SSSR count). The Morgan fingerprint density at radius 1 is 1.29 bits per heavy atom. The zero-order chi connectivity index (χ0) is 12.6. The highest BCUT2D eigenvalue weighted by molar-refractivity contribution is 5.13. The van der Waals surface area contributed by atoms with Gasteiger partial charge in [0, 0.05) is 6.20 Å². The van der Waals surface area contributed by atoms with Crippen LogP contribution in [0.3, 0.4) is 0 Å². The van der Waals surface area contributed by atoms with Crippen molar-refractivity contribution in [1.82, 2.24) is 9.97 Å². The number of aromatic nitrogens is 2. The molecule has 1 aliphatic rings. The molecule has 17 heavy (non-hydrogen) atoms. The van der Waals surface area contributed by atoms with Gasteiger partial charge in [-0.2, -0.15) is 0 Å². The lowest BCUT2D eigenvalue weighted by Crippen LogP contribution is -2.34. The first kappa shape index (κ1) is 12.0. The number of aromatic amines is 2. The smallest absolute Gasteiger partial charge is 0.325 e. The molecule has 0 bridgehead atoms. The molecular formula is C9H12N2O6. The summed E-state index contributed by atoms with van der Waals surface area (Å²) in [6, 6.07) is 0. The molecule has 0 aliphatic carbocycles. The Kier molecular flexibility index (Phi) is 3.11. The van der Waals surface area contributed by atoms with Crippen molar-refractivity contribution >= 4 is 0 Å². The first-order valence-electron chi connectivity index (χ1n) is 4.99. The molecule has 0 spiro atoms. The lowest BCUT2D eigenvalue weighted by Gasteiger charge is -2.13. The van der Waals surface area contributed by atoms with Gasteiger partial charge in [0.15, 0.2) is 0 Å². The van der Waals surface area contributed by atoms with Gasteiger partial charge in [-0.3, -0.25) is 9.78 Å². The topological polar surface area (TPSA) is 136 Å². The SMILES string of the molecule is O=c1[nH]cc([C@H]2O[C@@H](CO)[C@@H](O)[C@@H]2O)c(=O)[nH]1. The minimum absolute atomic E-state index is 0.00731. The molecule has 1 aromatic heterocycles. The van der Waals surface area contributed by atoms with Gasteiger partial charge >= 0.3 is 5.69 Å². The summed E-state index contributed by atoms with van der Waals surface area (Å²) < 4.78 is 5.15. The minimum atomic E-state index is -1.33. The first-order chi connectivity index (χ1) is 8.04. The number of rotatable bonds is 2. The minimum Gasteiger partial charge on any atom is -0.394 e. The van der Waals surface area contributed by atoms with Crippen LogP contribution in [0, 0.1) is 0 Å². The van der Waals surface area contributed by atoms with E-state index in [-0.39, 0.29) is 5.56 Å². The summed E-state index contributed by atoms with van der Waals surface area (Å²) >= 11 is 0. The van der Waals surface area contributed by atoms with Crippen LogP contribution in [0.1, 0.15) is 11.7 Å². The van der Waals surface area contributed by atoms with E-state index in [9.17, 15) is 19.8 Å². The quantitative estimate of drug-likeness (QED) is 0.382. The number of aliphatic hydroxyl groups excluding tert-OH is 3. The Balaban J connectivity index is 2.35. The lowest BCUT2D eigenvalue weighted by atomic mass is 10.0. The summed E-state index contributed by atoms with van der Waals surface area (Å²) in [4.78, 5) is 26.5. The molecule has 94 valence electrons. The van der Waals surface area contributed by atoms with Crippen LogP contribution in [0.15, 0.2) is 15.8 Å². The third-order valence-corrected chi connectivity index (χ3v) is 2.70. The first-order valence-corrected chi connectivity index (χ1v) is 4.99. The molecule has 1 saturated heterocycles. The summed E-state index contributed by atoms with van der Waals surface area (Å²) in [5.74, 6) is 0. The summed E-state index contributed by atoms with van der Waals surface area (Å²) in [7, 11) is 0. The van der Waals surface area contributed by atoms with Crippen molar-refractivity contribution in [3.63, 3.8) is 0 Å². The molecule has 8 heteroatoms. The highest BCUT2D eigenvalue weighted by Crippen LogP contribution is 2.31. The van der Waals surface area contributed by atoms with Crippen LogP contribution < -0.4 is 11.2 Å². The Labute approximate surface area is 94.5 Å². The maximum Gasteiger partial charge on any atom is 0.325 e. The number of ether oxygens (including phenoxy) is 1. The van der Waals surface area contributed by atoms with Crippen molar-refractivity contribution in [2.75, 3.05) is 6.61 Å². The molecule has 0 amide bonds. The second kappa shape index (κ2) is 4.41. The van der Waals surface area contributed by atoms with Crippen molar-refractivity contribution in [2.45, 2.75) is 24.4 Å². The predicted molar refractivity (Wildman–Crippen MR) is 54.4 cm³/mol. The average molecular weight is 244 g/mol. The van der Waals surface area contributed by atoms with E-state index in [0.717, 1.165) is 6.20 Å². The van der Waals surface area contributed by atoms with Gasteiger partial charge in [0.2, 0.25) is 0 Å². The summed E-state index contributed by atoms with van der Waals surface area (Å²) in [6.45, 7) is -0.476. The number of hydrogen-bond acceptors (Lipinski definition) is 6. The molecule has 4 atom stereocenters. The van der Waals surface area contributed by atoms with Crippen LogP contribution in [0.5, 0.6) is 0 Å². The molecule has 8 nitrogen and oxygen atoms in total. The van der Waals surface area contributed by atoms with Crippen LogP contribution in [-0.4, -0.2) is 50.2 Å². The van der Waals surface area contributed by atoms with Gasteiger partial charge in [0.25, 0.3) is 5.56 Å². The highest BCUT2D eigenvalue weighted by atomic mass is 16.6. The van der Waals surface area contributed by atoms with Crippen molar-refractivity contribution in [2.24, 2.45) is 0 Å². The Morgan fingerprint density at radius 2 is 2.00 bits per heavy atom. The third-order valence-electron chi connectivity index (χ3n) is 2.70. The average Bonchev–Trinajstić information content (AvgIpc) is 2.57. The van der Waals surface area contributed by atoms with Crippen molar-refractivity contribution < 1.29 is 20.1 Å². The molecule has 5 N–H and O–H groups in total. The van der Waals surface area contributed by atoms with Gasteiger partial charge in [-0.05, 0) is 0 Å². The van der Waals surface area contributed by atoms with E-state index >= 15 is 0 Å². The van der Waals surface area contributed by atoms with Gasteiger partial charge in [0.05, 0.1) is 12.2 Å². The van der Waals surface area contributed by atoms with Gasteiger partial charge in [-0.15, -0.1) is 0 Å². The van der Waals surface area contributed by atoms with Gasteiger partial charge in [-0.25, -0.2) is 4.79 Å². The van der Waals surface area contributed by atoms with Crippen molar-refractivity contribution in [3.05, 3.63) is 32.6 Å². The molecular weight excluding hydrogens is 232 g/mol. The zero-order valence-electron chi connectivity index (χ0n) is 8.66. The maximum absolute atomic E-state index is 11.5. The van der Waals surface area contributed by atoms with Crippen LogP contribution in [-0.2, 0) is 4.74 Å². The second-order valence-corrected chi connectivity index (χ2v) is 3.79. The summed E-state index contributed by atoms with van der Waals surface area (Å²) in [5.41, 5.74) is -1.39. The number of hydrogen-bond donors (Lipinski definition) is 5. The fourth-order valence-corrected chi connectivity index (χ4v) is 1.79. The fourth-order valence-electron chi connectivity index (χ4n) is 1.79. The van der Waals surface area contributed by atoms with Gasteiger partial charge in [0.1, 0.15) is 24.4 Å². The monoisotopic (exact) mass is 244 g/mol. The van der Waals surface area contributed by atoms with E-state index in [1.165, 1.54) is 0 Å². The van der Waals surface area contributed by atoms with Crippen molar-refractivity contribution in [1.29, 1.82) is 0 Å². The van der Waals surface area contributed by atoms with E-state index < -0.39 is 42.3 Å². The molecule has 1 aromatic rings. The van der Waals surface area contributed by atoms with E-state index in [1.54, 1.807) is 0 Å². The third kappa shape index (κ3) is 2.03. The molecule has 0 aromatic carbocycles. The van der Waals surface area contributed by atoms with E-state index in [1.807, 2.05) is 4.98 Å². The number of H-pyrrole nitrogens is 2. The molecule has 1 fully saturated rings. The maximum atomic E-state index is 11.5. The molecule has 0 saturated carbocycles. The van der Waals surface area contributed by atoms with E-state index in [0.29, 0.717) is 0 Å². The highest BCUT2D eigenvalue weighted by Gasteiger charge is 2.44.